The van der Waals surface area contributed by atoms with Gasteiger partial charge in [-0.05, 0) is 37.3 Å². The molecular weight excluding hydrogens is 348 g/mol. The molecule has 2 aromatic carbocycles. The largest absolute Gasteiger partial charge is 0.493 e. The number of rotatable bonds is 8. The van der Waals surface area contributed by atoms with E-state index in [-0.39, 0.29) is 25.5 Å². The molecule has 0 amide bonds. The number of Topliss-reactive ketones (excluding diaryl/α,β-unsaturated/α-hetero) is 1. The summed E-state index contributed by atoms with van der Waals surface area (Å²) in [5, 5.41) is 20.0. The highest BCUT2D eigenvalue weighted by Gasteiger charge is 2.15. The standard InChI is InChI=1S/C20H22N2O5/c1-13(24)14-7-8-18(19(9-14)26-2)27-12-15(25)10-22-17-6-4-3-5-16(17)21-20(22)11-23/h3-9,15,23,25H,10-12H2,1-2H3/t15-/m0/s1. The molecule has 3 rings (SSSR count). The van der Waals surface area contributed by atoms with Crippen molar-refractivity contribution in [2.75, 3.05) is 13.7 Å². The highest BCUT2D eigenvalue weighted by Crippen LogP contribution is 2.28. The van der Waals surface area contributed by atoms with Crippen LogP contribution in [0.4, 0.5) is 0 Å². The Bertz CT molecular complexity index is 951. The minimum absolute atomic E-state index is 0.0210. The third-order valence-corrected chi connectivity index (χ3v) is 4.27. The van der Waals surface area contributed by atoms with E-state index in [1.165, 1.54) is 14.0 Å². The monoisotopic (exact) mass is 370 g/mol. The zero-order valence-corrected chi connectivity index (χ0v) is 15.3. The van der Waals surface area contributed by atoms with E-state index in [1.807, 2.05) is 24.3 Å². The molecule has 0 aliphatic rings. The fourth-order valence-corrected chi connectivity index (χ4v) is 2.91. The highest BCUT2D eigenvalue weighted by molar-refractivity contribution is 5.94. The van der Waals surface area contributed by atoms with Gasteiger partial charge in [-0.3, -0.25) is 4.79 Å². The molecule has 1 heterocycles. The Kier molecular flexibility index (Phi) is 5.73. The lowest BCUT2D eigenvalue weighted by Crippen LogP contribution is -2.24. The van der Waals surface area contributed by atoms with Crippen molar-refractivity contribution >= 4 is 16.8 Å². The van der Waals surface area contributed by atoms with Gasteiger partial charge in [0.15, 0.2) is 17.3 Å². The Morgan fingerprint density at radius 3 is 2.70 bits per heavy atom. The molecule has 2 N–H and O–H groups in total. The van der Waals surface area contributed by atoms with Crippen LogP contribution in [-0.4, -0.2) is 45.4 Å². The Morgan fingerprint density at radius 1 is 1.22 bits per heavy atom. The van der Waals surface area contributed by atoms with Crippen LogP contribution in [0.1, 0.15) is 23.1 Å². The average Bonchev–Trinajstić information content (AvgIpc) is 3.03. The van der Waals surface area contributed by atoms with E-state index < -0.39 is 6.10 Å². The maximum absolute atomic E-state index is 11.5. The van der Waals surface area contributed by atoms with Gasteiger partial charge in [-0.15, -0.1) is 0 Å². The number of hydrogen-bond donors (Lipinski definition) is 2. The molecule has 0 radical (unpaired) electrons. The van der Waals surface area contributed by atoms with Crippen LogP contribution in [0, 0.1) is 0 Å². The van der Waals surface area contributed by atoms with Gasteiger partial charge in [0, 0.05) is 5.56 Å². The summed E-state index contributed by atoms with van der Waals surface area (Å²) in [4.78, 5) is 15.8. The van der Waals surface area contributed by atoms with Gasteiger partial charge in [-0.2, -0.15) is 0 Å². The van der Waals surface area contributed by atoms with Crippen LogP contribution in [0.15, 0.2) is 42.5 Å². The van der Waals surface area contributed by atoms with Gasteiger partial charge < -0.3 is 24.3 Å². The zero-order chi connectivity index (χ0) is 19.4. The second kappa shape index (κ2) is 8.20. The first kappa shape index (κ1) is 18.9. The molecule has 1 atom stereocenters. The summed E-state index contributed by atoms with van der Waals surface area (Å²) in [7, 11) is 1.49. The SMILES string of the molecule is COc1cc(C(C)=O)ccc1OC[C@@H](O)Cn1c(CO)nc2ccccc21. The first-order chi connectivity index (χ1) is 13.0. The summed E-state index contributed by atoms with van der Waals surface area (Å²) in [6.45, 7) is 1.51. The molecule has 0 saturated carbocycles. The van der Waals surface area contributed by atoms with Gasteiger partial charge in [-0.1, -0.05) is 12.1 Å². The molecule has 0 bridgehead atoms. The predicted octanol–water partition coefficient (Wildman–Crippen LogP) is 2.18. The number of ketones is 1. The second-order valence-electron chi connectivity index (χ2n) is 6.17. The predicted molar refractivity (Wildman–Crippen MR) is 100 cm³/mol. The first-order valence-electron chi connectivity index (χ1n) is 8.58. The lowest BCUT2D eigenvalue weighted by molar-refractivity contribution is 0.0899. The van der Waals surface area contributed by atoms with E-state index in [0.717, 1.165) is 11.0 Å². The number of nitrogens with zero attached hydrogens (tertiary/aromatic N) is 2. The molecule has 142 valence electrons. The van der Waals surface area contributed by atoms with Crippen LogP contribution >= 0.6 is 0 Å². The number of aliphatic hydroxyl groups excluding tert-OH is 2. The third-order valence-electron chi connectivity index (χ3n) is 4.27. The molecular formula is C20H22N2O5. The van der Waals surface area contributed by atoms with E-state index in [4.69, 9.17) is 9.47 Å². The highest BCUT2D eigenvalue weighted by atomic mass is 16.5. The van der Waals surface area contributed by atoms with Gasteiger partial charge in [0.1, 0.15) is 25.1 Å². The number of aromatic nitrogens is 2. The molecule has 3 aromatic rings. The van der Waals surface area contributed by atoms with E-state index in [0.29, 0.717) is 22.9 Å². The summed E-state index contributed by atoms with van der Waals surface area (Å²) in [6.07, 6.45) is -0.829. The fourth-order valence-electron chi connectivity index (χ4n) is 2.91. The van der Waals surface area contributed by atoms with Crippen LogP contribution < -0.4 is 9.47 Å². The summed E-state index contributed by atoms with van der Waals surface area (Å²) < 4.78 is 12.7. The molecule has 0 spiro atoms. The quantitative estimate of drug-likeness (QED) is 0.590. The molecule has 0 unspecified atom stereocenters. The maximum atomic E-state index is 11.5. The van der Waals surface area contributed by atoms with Crippen molar-refractivity contribution in [3.05, 3.63) is 53.9 Å². The zero-order valence-electron chi connectivity index (χ0n) is 15.3. The van der Waals surface area contributed by atoms with Gasteiger partial charge in [-0.25, -0.2) is 4.98 Å². The number of carbonyl (C=O) groups is 1. The smallest absolute Gasteiger partial charge is 0.161 e. The average molecular weight is 370 g/mol. The molecule has 0 aliphatic carbocycles. The normalized spacial score (nSPS) is 12.1. The summed E-state index contributed by atoms with van der Waals surface area (Å²) in [5.74, 6) is 1.29. The topological polar surface area (TPSA) is 93.8 Å². The fraction of sp³-hybridized carbons (Fsp3) is 0.300. The molecule has 7 nitrogen and oxygen atoms in total. The molecule has 0 fully saturated rings. The molecule has 1 aromatic heterocycles. The van der Waals surface area contributed by atoms with Crippen LogP contribution in [0.25, 0.3) is 11.0 Å². The van der Waals surface area contributed by atoms with Gasteiger partial charge in [0.2, 0.25) is 0 Å². The molecule has 7 heteroatoms. The lowest BCUT2D eigenvalue weighted by atomic mass is 10.1. The van der Waals surface area contributed by atoms with Crippen molar-refractivity contribution in [3.8, 4) is 11.5 Å². The number of imidazole rings is 1. The number of aliphatic hydroxyl groups is 2. The lowest BCUT2D eigenvalue weighted by Gasteiger charge is -2.16. The number of methoxy groups -OCH3 is 1. The van der Waals surface area contributed by atoms with Crippen molar-refractivity contribution < 1.29 is 24.5 Å². The van der Waals surface area contributed by atoms with Gasteiger partial charge in [0.25, 0.3) is 0 Å². The minimum Gasteiger partial charge on any atom is -0.493 e. The maximum Gasteiger partial charge on any atom is 0.161 e. The number of para-hydroxylation sites is 2. The van der Waals surface area contributed by atoms with Crippen molar-refractivity contribution in [1.82, 2.24) is 9.55 Å². The van der Waals surface area contributed by atoms with E-state index in [2.05, 4.69) is 4.98 Å². The minimum atomic E-state index is -0.829. The second-order valence-corrected chi connectivity index (χ2v) is 6.17. The molecule has 0 saturated heterocycles. The third kappa shape index (κ3) is 4.10. The van der Waals surface area contributed by atoms with Crippen molar-refractivity contribution in [2.24, 2.45) is 0 Å². The van der Waals surface area contributed by atoms with Gasteiger partial charge >= 0.3 is 0 Å². The van der Waals surface area contributed by atoms with Crippen LogP contribution in [0.2, 0.25) is 0 Å². The number of carbonyl (C=O) groups excluding carboxylic acids is 1. The summed E-state index contributed by atoms with van der Waals surface area (Å²) in [6, 6.07) is 12.4. The van der Waals surface area contributed by atoms with Crippen LogP contribution in [0.5, 0.6) is 11.5 Å². The summed E-state index contributed by atoms with van der Waals surface area (Å²) >= 11 is 0. The van der Waals surface area contributed by atoms with Gasteiger partial charge in [0.05, 0.1) is 24.7 Å². The number of hydrogen-bond acceptors (Lipinski definition) is 6. The van der Waals surface area contributed by atoms with Crippen LogP contribution in [-0.2, 0) is 13.2 Å². The van der Waals surface area contributed by atoms with Crippen molar-refractivity contribution in [1.29, 1.82) is 0 Å². The number of benzene rings is 2. The molecule has 27 heavy (non-hydrogen) atoms. The van der Waals surface area contributed by atoms with E-state index in [9.17, 15) is 15.0 Å². The van der Waals surface area contributed by atoms with E-state index in [1.54, 1.807) is 22.8 Å². The van der Waals surface area contributed by atoms with Crippen LogP contribution in [0.3, 0.4) is 0 Å². The van der Waals surface area contributed by atoms with E-state index >= 15 is 0 Å². The van der Waals surface area contributed by atoms with Crippen molar-refractivity contribution in [3.63, 3.8) is 0 Å². The summed E-state index contributed by atoms with van der Waals surface area (Å²) in [5.41, 5.74) is 2.12. The Balaban J connectivity index is 1.72. The van der Waals surface area contributed by atoms with Crippen molar-refractivity contribution in [2.45, 2.75) is 26.2 Å². The Hall–Kier alpha value is -2.90. The molecule has 0 aliphatic heterocycles. The Morgan fingerprint density at radius 2 is 2.00 bits per heavy atom. The number of fused-ring (bicyclic) bond motifs is 1. The number of ether oxygens (including phenoxy) is 2. The Labute approximate surface area is 156 Å². The first-order valence-corrected chi connectivity index (χ1v) is 8.58.